The summed E-state index contributed by atoms with van der Waals surface area (Å²) in [5.74, 6) is -1.21. The largest absolute Gasteiger partial charge is 0.478 e. The highest BCUT2D eigenvalue weighted by atomic mass is 16.6. The summed E-state index contributed by atoms with van der Waals surface area (Å²) in [5.41, 5.74) is -0.507. The van der Waals surface area contributed by atoms with Crippen LogP contribution in [0.5, 0.6) is 0 Å². The molecule has 2 N–H and O–H groups in total. The molecule has 1 aromatic rings. The molecule has 0 saturated heterocycles. The van der Waals surface area contributed by atoms with Crippen molar-refractivity contribution in [2.75, 3.05) is 5.32 Å². The second kappa shape index (κ2) is 5.68. The van der Waals surface area contributed by atoms with Crippen LogP contribution in [0.15, 0.2) is 18.2 Å². The van der Waals surface area contributed by atoms with E-state index in [0.29, 0.717) is 12.3 Å². The summed E-state index contributed by atoms with van der Waals surface area (Å²) in [6.45, 7) is 0. The highest BCUT2D eigenvalue weighted by Crippen LogP contribution is 2.30. The molecule has 1 fully saturated rings. The zero-order chi connectivity index (χ0) is 14.7. The summed E-state index contributed by atoms with van der Waals surface area (Å²) in [5, 5.41) is 22.2. The van der Waals surface area contributed by atoms with E-state index in [2.05, 4.69) is 5.32 Å². The molecular formula is C13H14N2O5. The molecule has 1 amide bonds. The maximum atomic E-state index is 11.8. The first-order chi connectivity index (χ1) is 9.47. The number of aromatic carboxylic acids is 1. The first kappa shape index (κ1) is 14.0. The molecule has 0 bridgehead atoms. The Kier molecular flexibility index (Phi) is 3.97. The van der Waals surface area contributed by atoms with Crippen LogP contribution in [0.3, 0.4) is 0 Å². The van der Waals surface area contributed by atoms with Crippen molar-refractivity contribution in [3.05, 3.63) is 33.9 Å². The Bertz CT molecular complexity index is 566. The van der Waals surface area contributed by atoms with Crippen molar-refractivity contribution in [2.45, 2.75) is 25.7 Å². The molecule has 2 rings (SSSR count). The molecule has 20 heavy (non-hydrogen) atoms. The number of carbonyl (C=O) groups is 2. The van der Waals surface area contributed by atoms with Crippen molar-refractivity contribution in [2.24, 2.45) is 5.92 Å². The lowest BCUT2D eigenvalue weighted by Gasteiger charge is -2.24. The Hall–Kier alpha value is -2.44. The first-order valence-electron chi connectivity index (χ1n) is 6.29. The van der Waals surface area contributed by atoms with E-state index in [1.165, 1.54) is 12.1 Å². The number of rotatable bonds is 5. The Labute approximate surface area is 114 Å². The number of nitrogens with one attached hydrogen (secondary N) is 1. The fourth-order valence-electron chi connectivity index (χ4n) is 2.09. The van der Waals surface area contributed by atoms with Crippen molar-refractivity contribution in [1.82, 2.24) is 0 Å². The van der Waals surface area contributed by atoms with Crippen LogP contribution in [-0.2, 0) is 4.79 Å². The van der Waals surface area contributed by atoms with Crippen LogP contribution in [0.25, 0.3) is 0 Å². The van der Waals surface area contributed by atoms with E-state index in [9.17, 15) is 19.7 Å². The van der Waals surface area contributed by atoms with E-state index in [4.69, 9.17) is 5.11 Å². The number of carbonyl (C=O) groups excluding carboxylic acids is 1. The van der Waals surface area contributed by atoms with Gasteiger partial charge in [0.15, 0.2) is 0 Å². The average Bonchev–Trinajstić information content (AvgIpc) is 2.33. The smallest absolute Gasteiger partial charge is 0.338 e. The third kappa shape index (κ3) is 3.11. The van der Waals surface area contributed by atoms with Crippen LogP contribution in [-0.4, -0.2) is 21.9 Å². The van der Waals surface area contributed by atoms with E-state index < -0.39 is 10.9 Å². The predicted octanol–water partition coefficient (Wildman–Crippen LogP) is 2.42. The van der Waals surface area contributed by atoms with E-state index >= 15 is 0 Å². The Morgan fingerprint density at radius 2 is 2.10 bits per heavy atom. The second-order valence-electron chi connectivity index (χ2n) is 4.84. The molecule has 7 nitrogen and oxygen atoms in total. The minimum atomic E-state index is -1.31. The molecule has 1 aromatic carbocycles. The number of hydrogen-bond donors (Lipinski definition) is 2. The Balaban J connectivity index is 2.15. The third-order valence-electron chi connectivity index (χ3n) is 3.42. The van der Waals surface area contributed by atoms with Gasteiger partial charge in [-0.3, -0.25) is 14.9 Å². The van der Waals surface area contributed by atoms with Gasteiger partial charge in [0, 0.05) is 18.6 Å². The molecule has 0 aliphatic heterocycles. The average molecular weight is 278 g/mol. The maximum absolute atomic E-state index is 11.8. The van der Waals surface area contributed by atoms with E-state index in [-0.39, 0.29) is 22.8 Å². The lowest BCUT2D eigenvalue weighted by molar-refractivity contribution is -0.384. The summed E-state index contributed by atoms with van der Waals surface area (Å²) in [6.07, 6.45) is 3.50. The van der Waals surface area contributed by atoms with Crippen molar-refractivity contribution in [3.8, 4) is 0 Å². The van der Waals surface area contributed by atoms with Crippen LogP contribution in [0.2, 0.25) is 0 Å². The molecule has 1 aliphatic rings. The highest BCUT2D eigenvalue weighted by molar-refractivity contribution is 6.01. The van der Waals surface area contributed by atoms with Crippen molar-refractivity contribution >= 4 is 23.3 Å². The number of nitro benzene ring substituents is 1. The first-order valence-corrected chi connectivity index (χ1v) is 6.29. The van der Waals surface area contributed by atoms with Crippen LogP contribution >= 0.6 is 0 Å². The van der Waals surface area contributed by atoms with Gasteiger partial charge in [0.2, 0.25) is 5.91 Å². The monoisotopic (exact) mass is 278 g/mol. The summed E-state index contributed by atoms with van der Waals surface area (Å²) >= 11 is 0. The lowest BCUT2D eigenvalue weighted by Crippen LogP contribution is -2.21. The number of carboxylic acid groups (broad SMARTS) is 1. The molecule has 1 aliphatic carbocycles. The second-order valence-corrected chi connectivity index (χ2v) is 4.84. The number of carboxylic acids is 1. The molecular weight excluding hydrogens is 264 g/mol. The van der Waals surface area contributed by atoms with Crippen molar-refractivity contribution < 1.29 is 19.6 Å². The summed E-state index contributed by atoms with van der Waals surface area (Å²) < 4.78 is 0. The van der Waals surface area contributed by atoms with Crippen molar-refractivity contribution in [3.63, 3.8) is 0 Å². The molecule has 0 spiro atoms. The van der Waals surface area contributed by atoms with Gasteiger partial charge in [0.05, 0.1) is 16.2 Å². The Morgan fingerprint density at radius 1 is 1.40 bits per heavy atom. The molecule has 7 heteroatoms. The van der Waals surface area contributed by atoms with Crippen LogP contribution in [0, 0.1) is 16.0 Å². The van der Waals surface area contributed by atoms with Crippen LogP contribution in [0.4, 0.5) is 11.4 Å². The summed E-state index contributed by atoms with van der Waals surface area (Å²) in [4.78, 5) is 32.8. The quantitative estimate of drug-likeness (QED) is 0.635. The zero-order valence-electron chi connectivity index (χ0n) is 10.7. The van der Waals surface area contributed by atoms with Gasteiger partial charge >= 0.3 is 5.97 Å². The Morgan fingerprint density at radius 3 is 2.60 bits per heavy atom. The molecule has 0 atom stereocenters. The van der Waals surface area contributed by atoms with E-state index in [1.54, 1.807) is 0 Å². The number of benzene rings is 1. The SMILES string of the molecule is O=C(CC1CCC1)Nc1ccc([N+](=O)[O-])cc1C(=O)O. The molecule has 0 heterocycles. The van der Waals surface area contributed by atoms with Crippen LogP contribution in [0.1, 0.15) is 36.0 Å². The van der Waals surface area contributed by atoms with Gasteiger partial charge in [-0.05, 0) is 24.8 Å². The number of anilines is 1. The minimum absolute atomic E-state index is 0.0902. The van der Waals surface area contributed by atoms with E-state index in [0.717, 1.165) is 25.3 Å². The van der Waals surface area contributed by atoms with Gasteiger partial charge in [0.25, 0.3) is 5.69 Å². The van der Waals surface area contributed by atoms with Gasteiger partial charge in [-0.1, -0.05) is 6.42 Å². The lowest BCUT2D eigenvalue weighted by atomic mass is 9.83. The van der Waals surface area contributed by atoms with Gasteiger partial charge in [-0.2, -0.15) is 0 Å². The van der Waals surface area contributed by atoms with Gasteiger partial charge in [0.1, 0.15) is 0 Å². The standard InChI is InChI=1S/C13H14N2O5/c16-12(6-8-2-1-3-8)14-11-5-4-9(15(19)20)7-10(11)13(17)18/h4-5,7-8H,1-3,6H2,(H,14,16)(H,17,18). The number of hydrogen-bond acceptors (Lipinski definition) is 4. The van der Waals surface area contributed by atoms with Gasteiger partial charge in [-0.15, -0.1) is 0 Å². The normalized spacial score (nSPS) is 14.4. The number of nitro groups is 1. The van der Waals surface area contributed by atoms with E-state index in [1.807, 2.05) is 0 Å². The molecule has 106 valence electrons. The minimum Gasteiger partial charge on any atom is -0.478 e. The fraction of sp³-hybridized carbons (Fsp3) is 0.385. The predicted molar refractivity (Wildman–Crippen MR) is 70.6 cm³/mol. The van der Waals surface area contributed by atoms with Crippen LogP contribution < -0.4 is 5.32 Å². The summed E-state index contributed by atoms with van der Waals surface area (Å²) in [6, 6.07) is 3.37. The molecule has 1 saturated carbocycles. The fourth-order valence-corrected chi connectivity index (χ4v) is 2.09. The molecule has 0 radical (unpaired) electrons. The van der Waals surface area contributed by atoms with Gasteiger partial charge < -0.3 is 10.4 Å². The molecule has 0 aromatic heterocycles. The molecule has 0 unspecified atom stereocenters. The number of non-ortho nitro benzene ring substituents is 1. The summed E-state index contributed by atoms with van der Waals surface area (Å²) in [7, 11) is 0. The number of nitrogens with zero attached hydrogens (tertiary/aromatic N) is 1. The van der Waals surface area contributed by atoms with Crippen molar-refractivity contribution in [1.29, 1.82) is 0 Å². The third-order valence-corrected chi connectivity index (χ3v) is 3.42. The zero-order valence-corrected chi connectivity index (χ0v) is 10.7. The van der Waals surface area contributed by atoms with Gasteiger partial charge in [-0.25, -0.2) is 4.79 Å². The highest BCUT2D eigenvalue weighted by Gasteiger charge is 2.22. The topological polar surface area (TPSA) is 110 Å². The maximum Gasteiger partial charge on any atom is 0.338 e. The number of amides is 1.